The van der Waals surface area contributed by atoms with E-state index in [9.17, 15) is 19.7 Å². The van der Waals surface area contributed by atoms with Crippen LogP contribution < -0.4 is 10.6 Å². The van der Waals surface area contributed by atoms with Crippen molar-refractivity contribution in [2.24, 2.45) is 0 Å². The van der Waals surface area contributed by atoms with Gasteiger partial charge in [-0.1, -0.05) is 24.6 Å². The van der Waals surface area contributed by atoms with Crippen molar-refractivity contribution in [3.63, 3.8) is 0 Å². The molecule has 3 aromatic rings. The molecule has 0 fully saturated rings. The number of nitrogens with one attached hydrogen (secondary N) is 2. The van der Waals surface area contributed by atoms with Gasteiger partial charge in [0.1, 0.15) is 5.00 Å². The number of hydrogen-bond donors (Lipinski definition) is 2. The summed E-state index contributed by atoms with van der Waals surface area (Å²) in [6.45, 7) is 0. The van der Waals surface area contributed by atoms with E-state index in [1.54, 1.807) is 0 Å². The number of carbonyl (C=O) groups excluding carboxylic acids is 2. The Balaban J connectivity index is 1.64. The van der Waals surface area contributed by atoms with Crippen molar-refractivity contribution in [3.8, 4) is 0 Å². The Morgan fingerprint density at radius 1 is 0.871 bits per heavy atom. The van der Waals surface area contributed by atoms with Gasteiger partial charge in [0.05, 0.1) is 10.5 Å². The fourth-order valence-electron chi connectivity index (χ4n) is 3.70. The summed E-state index contributed by atoms with van der Waals surface area (Å²) in [4.78, 5) is 37.5. The van der Waals surface area contributed by atoms with Crippen LogP contribution in [0.5, 0.6) is 0 Å². The van der Waals surface area contributed by atoms with Crippen LogP contribution in [0.2, 0.25) is 0 Å². The summed E-state index contributed by atoms with van der Waals surface area (Å²) >= 11 is 1.44. The minimum atomic E-state index is -0.510. The number of nitrogens with zero attached hydrogens (tertiary/aromatic N) is 1. The van der Waals surface area contributed by atoms with E-state index in [1.807, 2.05) is 30.3 Å². The predicted octanol–water partition coefficient (Wildman–Crippen LogP) is 5.43. The summed E-state index contributed by atoms with van der Waals surface area (Å²) in [5.41, 5.74) is 2.43. The van der Waals surface area contributed by atoms with Crippen LogP contribution in [-0.2, 0) is 12.8 Å². The molecule has 2 aromatic carbocycles. The normalized spacial score (nSPS) is 13.0. The molecule has 158 valence electrons. The van der Waals surface area contributed by atoms with E-state index in [2.05, 4.69) is 10.6 Å². The highest BCUT2D eigenvalue weighted by molar-refractivity contribution is 7.17. The monoisotopic (exact) mass is 435 g/mol. The summed E-state index contributed by atoms with van der Waals surface area (Å²) in [6.07, 6.45) is 4.87. The highest BCUT2D eigenvalue weighted by atomic mass is 32.1. The van der Waals surface area contributed by atoms with E-state index in [0.29, 0.717) is 21.8 Å². The summed E-state index contributed by atoms with van der Waals surface area (Å²) in [5.74, 6) is -0.648. The van der Waals surface area contributed by atoms with Crippen molar-refractivity contribution in [1.29, 1.82) is 0 Å². The molecule has 0 spiro atoms. The number of para-hydroxylation sites is 1. The van der Waals surface area contributed by atoms with Crippen LogP contribution in [0.15, 0.2) is 54.6 Å². The van der Waals surface area contributed by atoms with Gasteiger partial charge in [-0.05, 0) is 55.5 Å². The number of amides is 2. The zero-order valence-corrected chi connectivity index (χ0v) is 17.5. The van der Waals surface area contributed by atoms with Gasteiger partial charge in [-0.3, -0.25) is 19.7 Å². The lowest BCUT2D eigenvalue weighted by atomic mass is 10.0. The van der Waals surface area contributed by atoms with Crippen LogP contribution in [-0.4, -0.2) is 16.7 Å². The van der Waals surface area contributed by atoms with Crippen molar-refractivity contribution in [2.75, 3.05) is 10.6 Å². The number of thiophene rings is 1. The standard InChI is InChI=1S/C23H21N3O4S/c27-21(15-11-13-17(14-12-15)26(29)30)25-23-20(18-9-5-2-6-10-19(18)31-23)22(28)24-16-7-3-1-4-8-16/h1,3-4,7-8,11-14H,2,5-6,9-10H2,(H,24,28)(H,25,27). The van der Waals surface area contributed by atoms with Crippen LogP contribution in [0, 0.1) is 10.1 Å². The number of aryl methyl sites for hydroxylation is 1. The van der Waals surface area contributed by atoms with E-state index in [-0.39, 0.29) is 11.6 Å². The first-order chi connectivity index (χ1) is 15.0. The molecule has 4 rings (SSSR count). The van der Waals surface area contributed by atoms with Gasteiger partial charge in [0.15, 0.2) is 0 Å². The third-order valence-corrected chi connectivity index (χ3v) is 6.45. The summed E-state index contributed by atoms with van der Waals surface area (Å²) in [6, 6.07) is 14.6. The lowest BCUT2D eigenvalue weighted by Gasteiger charge is -2.10. The molecule has 0 radical (unpaired) electrons. The molecule has 31 heavy (non-hydrogen) atoms. The van der Waals surface area contributed by atoms with Crippen LogP contribution in [0.25, 0.3) is 0 Å². The van der Waals surface area contributed by atoms with Gasteiger partial charge in [-0.25, -0.2) is 0 Å². The van der Waals surface area contributed by atoms with Gasteiger partial charge in [0, 0.05) is 28.3 Å². The van der Waals surface area contributed by atoms with Crippen molar-refractivity contribution in [3.05, 3.63) is 86.3 Å². The van der Waals surface area contributed by atoms with E-state index < -0.39 is 10.8 Å². The molecule has 8 heteroatoms. The molecule has 0 unspecified atom stereocenters. The number of nitro groups is 1. The van der Waals surface area contributed by atoms with E-state index >= 15 is 0 Å². The molecular weight excluding hydrogens is 414 g/mol. The maximum absolute atomic E-state index is 13.2. The van der Waals surface area contributed by atoms with Crippen LogP contribution in [0.1, 0.15) is 50.4 Å². The van der Waals surface area contributed by atoms with Crippen LogP contribution in [0.4, 0.5) is 16.4 Å². The second-order valence-electron chi connectivity index (χ2n) is 7.35. The maximum atomic E-state index is 13.2. The average molecular weight is 436 g/mol. The molecule has 1 heterocycles. The minimum absolute atomic E-state index is 0.0812. The van der Waals surface area contributed by atoms with Gasteiger partial charge >= 0.3 is 0 Å². The molecule has 1 aliphatic carbocycles. The Morgan fingerprint density at radius 3 is 2.29 bits per heavy atom. The third-order valence-electron chi connectivity index (χ3n) is 5.25. The number of hydrogen-bond acceptors (Lipinski definition) is 5. The summed E-state index contributed by atoms with van der Waals surface area (Å²) in [5, 5.41) is 17.2. The molecule has 0 saturated heterocycles. The number of benzene rings is 2. The zero-order chi connectivity index (χ0) is 21.8. The average Bonchev–Trinajstić information content (AvgIpc) is 2.94. The Labute approximate surface area is 183 Å². The largest absolute Gasteiger partial charge is 0.322 e. The first kappa shape index (κ1) is 20.7. The number of non-ortho nitro benzene ring substituents is 1. The van der Waals surface area contributed by atoms with Crippen LogP contribution >= 0.6 is 11.3 Å². The number of nitro benzene ring substituents is 1. The molecule has 2 amide bonds. The van der Waals surface area contributed by atoms with Crippen molar-refractivity contribution >= 4 is 39.5 Å². The van der Waals surface area contributed by atoms with Crippen LogP contribution in [0.3, 0.4) is 0 Å². The minimum Gasteiger partial charge on any atom is -0.322 e. The number of fused-ring (bicyclic) bond motifs is 1. The lowest BCUT2D eigenvalue weighted by molar-refractivity contribution is -0.384. The van der Waals surface area contributed by atoms with E-state index in [0.717, 1.165) is 42.5 Å². The highest BCUT2D eigenvalue weighted by Gasteiger charge is 2.26. The fraction of sp³-hybridized carbons (Fsp3) is 0.217. The van der Waals surface area contributed by atoms with Gasteiger partial charge in [0.25, 0.3) is 17.5 Å². The molecule has 7 nitrogen and oxygen atoms in total. The van der Waals surface area contributed by atoms with E-state index in [1.165, 1.54) is 35.6 Å². The molecule has 0 aliphatic heterocycles. The quantitative estimate of drug-likeness (QED) is 0.317. The Kier molecular flexibility index (Phi) is 6.08. The summed E-state index contributed by atoms with van der Waals surface area (Å²) < 4.78 is 0. The molecule has 1 aliphatic rings. The zero-order valence-electron chi connectivity index (χ0n) is 16.7. The molecular formula is C23H21N3O4S. The van der Waals surface area contributed by atoms with Crippen molar-refractivity contribution < 1.29 is 14.5 Å². The Morgan fingerprint density at radius 2 is 1.58 bits per heavy atom. The highest BCUT2D eigenvalue weighted by Crippen LogP contribution is 2.38. The van der Waals surface area contributed by atoms with Gasteiger partial charge in [-0.2, -0.15) is 0 Å². The SMILES string of the molecule is O=C(Nc1sc2c(c1C(=O)Nc1ccccc1)CCCCC2)c1ccc([N+](=O)[O-])cc1. The van der Waals surface area contributed by atoms with Gasteiger partial charge < -0.3 is 10.6 Å². The maximum Gasteiger partial charge on any atom is 0.269 e. The Hall–Kier alpha value is -3.52. The van der Waals surface area contributed by atoms with Gasteiger partial charge in [0.2, 0.25) is 0 Å². The topological polar surface area (TPSA) is 101 Å². The second-order valence-corrected chi connectivity index (χ2v) is 8.45. The number of carbonyl (C=O) groups is 2. The van der Waals surface area contributed by atoms with Gasteiger partial charge in [-0.15, -0.1) is 11.3 Å². The second kappa shape index (κ2) is 9.09. The molecule has 1 aromatic heterocycles. The lowest BCUT2D eigenvalue weighted by Crippen LogP contribution is -2.18. The summed E-state index contributed by atoms with van der Waals surface area (Å²) in [7, 11) is 0. The molecule has 0 bridgehead atoms. The van der Waals surface area contributed by atoms with Crippen molar-refractivity contribution in [1.82, 2.24) is 0 Å². The Bertz CT molecular complexity index is 1120. The number of rotatable bonds is 5. The third kappa shape index (κ3) is 4.64. The molecule has 2 N–H and O–H groups in total. The van der Waals surface area contributed by atoms with E-state index in [4.69, 9.17) is 0 Å². The first-order valence-electron chi connectivity index (χ1n) is 10.1. The predicted molar refractivity (Wildman–Crippen MR) is 121 cm³/mol. The molecule has 0 saturated carbocycles. The number of anilines is 2. The van der Waals surface area contributed by atoms with Crippen molar-refractivity contribution in [2.45, 2.75) is 32.1 Å². The molecule has 0 atom stereocenters. The smallest absolute Gasteiger partial charge is 0.269 e. The fourth-order valence-corrected chi connectivity index (χ4v) is 4.98. The first-order valence-corrected chi connectivity index (χ1v) is 10.9.